The van der Waals surface area contributed by atoms with Crippen molar-refractivity contribution in [2.75, 3.05) is 0 Å². The van der Waals surface area contributed by atoms with Gasteiger partial charge in [0.25, 0.3) is 0 Å². The van der Waals surface area contributed by atoms with Crippen LogP contribution in [0.15, 0.2) is 224 Å². The SMILES string of the molecule is C1=CC2c3c(ccc4c3Oc3ccc(-c5ccccc5C(/C=C/c5ccccc5)c5ccccc5-c5ccccc5)cc3O4)C(C3=CCCC=C3)(c3ccccc3)C2C=C1. The van der Waals surface area contributed by atoms with Gasteiger partial charge in [-0.3, -0.25) is 0 Å². The number of allylic oxidation sites excluding steroid dienone is 9. The van der Waals surface area contributed by atoms with E-state index >= 15 is 0 Å². The Balaban J connectivity index is 1.01. The number of ether oxygens (including phenoxy) is 2. The first-order chi connectivity index (χ1) is 29.8. The summed E-state index contributed by atoms with van der Waals surface area (Å²) in [6.45, 7) is 0. The molecular formula is C58H44O2. The van der Waals surface area contributed by atoms with Crippen LogP contribution >= 0.6 is 0 Å². The summed E-state index contributed by atoms with van der Waals surface area (Å²) in [6, 6.07) is 60.8. The van der Waals surface area contributed by atoms with E-state index in [1.165, 1.54) is 50.1 Å². The van der Waals surface area contributed by atoms with Crippen molar-refractivity contribution < 1.29 is 9.47 Å². The van der Waals surface area contributed by atoms with Gasteiger partial charge in [0.15, 0.2) is 23.0 Å². The van der Waals surface area contributed by atoms with E-state index in [-0.39, 0.29) is 23.2 Å². The molecule has 0 amide bonds. The molecule has 11 rings (SSSR count). The van der Waals surface area contributed by atoms with E-state index in [0.29, 0.717) is 0 Å². The fraction of sp³-hybridized carbons (Fsp3) is 0.103. The van der Waals surface area contributed by atoms with Crippen LogP contribution in [0.2, 0.25) is 0 Å². The van der Waals surface area contributed by atoms with Crippen LogP contribution in [0.3, 0.4) is 0 Å². The van der Waals surface area contributed by atoms with Crippen LogP contribution < -0.4 is 9.47 Å². The zero-order chi connectivity index (χ0) is 39.9. The third-order valence-corrected chi connectivity index (χ3v) is 12.9. The summed E-state index contributed by atoms with van der Waals surface area (Å²) in [5.41, 5.74) is 13.1. The van der Waals surface area contributed by atoms with Gasteiger partial charge < -0.3 is 9.47 Å². The highest BCUT2D eigenvalue weighted by molar-refractivity contribution is 5.78. The fourth-order valence-electron chi connectivity index (χ4n) is 10.3. The van der Waals surface area contributed by atoms with Crippen molar-refractivity contribution in [3.63, 3.8) is 0 Å². The summed E-state index contributed by atoms with van der Waals surface area (Å²) >= 11 is 0. The van der Waals surface area contributed by atoms with E-state index in [1.54, 1.807) is 0 Å². The van der Waals surface area contributed by atoms with Gasteiger partial charge in [-0.05, 0) is 86.7 Å². The van der Waals surface area contributed by atoms with Crippen LogP contribution in [0.5, 0.6) is 23.0 Å². The number of benzene rings is 7. The van der Waals surface area contributed by atoms with E-state index in [9.17, 15) is 0 Å². The zero-order valence-corrected chi connectivity index (χ0v) is 33.3. The topological polar surface area (TPSA) is 18.5 Å². The molecule has 7 aromatic carbocycles. The molecule has 60 heavy (non-hydrogen) atoms. The highest BCUT2D eigenvalue weighted by Gasteiger charge is 2.55. The smallest absolute Gasteiger partial charge is 0.174 e. The maximum absolute atomic E-state index is 7.04. The Labute approximate surface area is 352 Å². The molecule has 2 nitrogen and oxygen atoms in total. The standard InChI is InChI=1S/C58H44O2/c1-5-19-40(20-6-1)33-35-49(47-29-15-13-27-45(47)41-21-7-2-8-22-41)48-30-16-14-28-46(48)42-34-37-53-55(39-42)59-54-38-36-52-56(57(54)60-53)50-31-17-18-32-51(50)58(52,43-23-9-3-10-24-43)44-25-11-4-12-26-44/h1-3,5-11,13-39,49-51H,4,12H2/b35-33+. The number of hydrogen-bond acceptors (Lipinski definition) is 2. The van der Waals surface area contributed by atoms with Gasteiger partial charge in [0, 0.05) is 23.3 Å². The van der Waals surface area contributed by atoms with Gasteiger partial charge in [-0.1, -0.05) is 206 Å². The van der Waals surface area contributed by atoms with Gasteiger partial charge in [-0.15, -0.1) is 0 Å². The highest BCUT2D eigenvalue weighted by Crippen LogP contribution is 2.65. The average molecular weight is 773 g/mol. The Morgan fingerprint density at radius 1 is 0.567 bits per heavy atom. The maximum Gasteiger partial charge on any atom is 0.174 e. The summed E-state index contributed by atoms with van der Waals surface area (Å²) in [6.07, 6.45) is 23.1. The molecule has 0 bridgehead atoms. The average Bonchev–Trinajstić information content (AvgIpc) is 3.64. The van der Waals surface area contributed by atoms with Crippen molar-refractivity contribution in [1.29, 1.82) is 0 Å². The van der Waals surface area contributed by atoms with Crippen LogP contribution in [-0.2, 0) is 5.41 Å². The Hall–Kier alpha value is -7.16. The fourth-order valence-corrected chi connectivity index (χ4v) is 10.3. The van der Waals surface area contributed by atoms with E-state index in [4.69, 9.17) is 9.47 Å². The molecule has 4 atom stereocenters. The number of hydrogen-bond donors (Lipinski definition) is 0. The quantitative estimate of drug-likeness (QED) is 0.153. The second-order valence-corrected chi connectivity index (χ2v) is 16.1. The molecule has 4 unspecified atom stereocenters. The van der Waals surface area contributed by atoms with Crippen LogP contribution in [0.1, 0.15) is 58.1 Å². The molecule has 0 N–H and O–H groups in total. The predicted molar refractivity (Wildman–Crippen MR) is 246 cm³/mol. The van der Waals surface area contributed by atoms with Crippen molar-refractivity contribution in [2.24, 2.45) is 5.92 Å². The predicted octanol–water partition coefficient (Wildman–Crippen LogP) is 15.2. The van der Waals surface area contributed by atoms with Crippen LogP contribution in [0, 0.1) is 5.92 Å². The molecule has 0 radical (unpaired) electrons. The van der Waals surface area contributed by atoms with Crippen molar-refractivity contribution in [3.8, 4) is 45.3 Å². The number of rotatable bonds is 8. The molecule has 0 aromatic heterocycles. The van der Waals surface area contributed by atoms with Crippen molar-refractivity contribution >= 4 is 6.08 Å². The Bertz CT molecular complexity index is 2880. The van der Waals surface area contributed by atoms with Crippen LogP contribution in [0.25, 0.3) is 28.3 Å². The molecule has 0 spiro atoms. The van der Waals surface area contributed by atoms with E-state index in [1.807, 2.05) is 0 Å². The molecule has 0 saturated heterocycles. The lowest BCUT2D eigenvalue weighted by Gasteiger charge is -2.40. The van der Waals surface area contributed by atoms with Gasteiger partial charge in [0.2, 0.25) is 0 Å². The van der Waals surface area contributed by atoms with Gasteiger partial charge in [0.05, 0.1) is 5.41 Å². The molecule has 7 aromatic rings. The third kappa shape index (κ3) is 6.02. The van der Waals surface area contributed by atoms with Crippen LogP contribution in [0.4, 0.5) is 0 Å². The monoisotopic (exact) mass is 772 g/mol. The van der Waals surface area contributed by atoms with Gasteiger partial charge >= 0.3 is 0 Å². The lowest BCUT2D eigenvalue weighted by Crippen LogP contribution is -2.35. The molecular weight excluding hydrogens is 729 g/mol. The van der Waals surface area contributed by atoms with E-state index in [0.717, 1.165) is 47.0 Å². The lowest BCUT2D eigenvalue weighted by molar-refractivity contribution is 0.355. The summed E-state index contributed by atoms with van der Waals surface area (Å²) in [7, 11) is 0. The molecule has 4 aliphatic rings. The Morgan fingerprint density at radius 3 is 1.98 bits per heavy atom. The lowest BCUT2D eigenvalue weighted by atomic mass is 9.62. The molecule has 1 heterocycles. The van der Waals surface area contributed by atoms with Crippen molar-refractivity contribution in [2.45, 2.75) is 30.1 Å². The molecule has 3 aliphatic carbocycles. The van der Waals surface area contributed by atoms with E-state index < -0.39 is 0 Å². The molecule has 288 valence electrons. The minimum absolute atomic E-state index is 0.0288. The van der Waals surface area contributed by atoms with Crippen LogP contribution in [-0.4, -0.2) is 0 Å². The summed E-state index contributed by atoms with van der Waals surface area (Å²) in [4.78, 5) is 0. The zero-order valence-electron chi connectivity index (χ0n) is 33.3. The normalized spacial score (nSPS) is 20.0. The Kier molecular flexibility index (Phi) is 9.12. The maximum atomic E-state index is 7.04. The van der Waals surface area contributed by atoms with Gasteiger partial charge in [0.1, 0.15) is 0 Å². The first-order valence-electron chi connectivity index (χ1n) is 21.2. The van der Waals surface area contributed by atoms with Crippen molar-refractivity contribution in [1.82, 2.24) is 0 Å². The minimum Gasteiger partial charge on any atom is -0.449 e. The summed E-state index contributed by atoms with van der Waals surface area (Å²) in [5.74, 6) is 3.33. The Morgan fingerprint density at radius 2 is 1.23 bits per heavy atom. The minimum atomic E-state index is -0.351. The van der Waals surface area contributed by atoms with Crippen molar-refractivity contribution in [3.05, 3.63) is 257 Å². The largest absolute Gasteiger partial charge is 0.449 e. The summed E-state index contributed by atoms with van der Waals surface area (Å²) in [5, 5.41) is 0. The first-order valence-corrected chi connectivity index (χ1v) is 21.2. The summed E-state index contributed by atoms with van der Waals surface area (Å²) < 4.78 is 14.0. The van der Waals surface area contributed by atoms with Gasteiger partial charge in [-0.2, -0.15) is 0 Å². The third-order valence-electron chi connectivity index (χ3n) is 12.9. The molecule has 0 fully saturated rings. The second-order valence-electron chi connectivity index (χ2n) is 16.1. The molecule has 1 aliphatic heterocycles. The number of fused-ring (bicyclic) bond motifs is 6. The van der Waals surface area contributed by atoms with E-state index in [2.05, 4.69) is 225 Å². The molecule has 0 saturated carbocycles. The molecule has 2 heteroatoms. The second kappa shape index (κ2) is 15.2. The first kappa shape index (κ1) is 36.0. The highest BCUT2D eigenvalue weighted by atomic mass is 16.6. The van der Waals surface area contributed by atoms with Gasteiger partial charge in [-0.25, -0.2) is 0 Å².